The molecule has 0 aliphatic carbocycles. The largest absolute Gasteiger partial charge is 0.491 e. The van der Waals surface area contributed by atoms with Crippen molar-refractivity contribution in [2.24, 2.45) is 0 Å². The Balaban J connectivity index is 1.36. The molecule has 2 heterocycles. The van der Waals surface area contributed by atoms with Crippen LogP contribution in [0.5, 0.6) is 5.75 Å². The Morgan fingerprint density at radius 1 is 1.19 bits per heavy atom. The number of benzene rings is 2. The molecule has 4 rings (SSSR count). The van der Waals surface area contributed by atoms with Crippen molar-refractivity contribution in [1.82, 2.24) is 9.78 Å². The van der Waals surface area contributed by atoms with Crippen LogP contribution in [0.2, 0.25) is 0 Å². The maximum Gasteiger partial charge on any atom is 0.207 e. The average molecular weight is 404 g/mol. The number of aromatic nitrogens is 2. The van der Waals surface area contributed by atoms with E-state index in [1.165, 1.54) is 11.3 Å². The molecule has 1 N–H and O–H groups in total. The van der Waals surface area contributed by atoms with E-state index in [9.17, 15) is 5.11 Å². The first kappa shape index (κ1) is 18.4. The minimum atomic E-state index is -0.692. The van der Waals surface area contributed by atoms with Crippen LogP contribution < -0.4 is 9.64 Å². The Morgan fingerprint density at radius 3 is 2.78 bits per heavy atom. The van der Waals surface area contributed by atoms with Gasteiger partial charge < -0.3 is 19.5 Å². The molecule has 0 radical (unpaired) electrons. The number of anilines is 1. The molecule has 0 spiro atoms. The van der Waals surface area contributed by atoms with Crippen molar-refractivity contribution in [2.45, 2.75) is 12.6 Å². The molecule has 3 aromatic rings. The van der Waals surface area contributed by atoms with Crippen molar-refractivity contribution in [3.8, 4) is 5.75 Å². The summed E-state index contributed by atoms with van der Waals surface area (Å²) in [6.07, 6.45) is -0.692. The van der Waals surface area contributed by atoms with Gasteiger partial charge in [-0.1, -0.05) is 41.7 Å². The lowest BCUT2D eigenvalue weighted by Crippen LogP contribution is -2.36. The van der Waals surface area contributed by atoms with E-state index in [-0.39, 0.29) is 6.61 Å². The van der Waals surface area contributed by atoms with E-state index in [4.69, 9.17) is 21.7 Å². The highest BCUT2D eigenvalue weighted by molar-refractivity contribution is 7.73. The Hall–Kier alpha value is -2.00. The quantitative estimate of drug-likeness (QED) is 0.638. The van der Waals surface area contributed by atoms with Gasteiger partial charge in [0.1, 0.15) is 18.5 Å². The fourth-order valence-corrected chi connectivity index (χ4v) is 4.16. The number of aliphatic hydroxyl groups excluding tert-OH is 1. The molecule has 1 fully saturated rings. The van der Waals surface area contributed by atoms with Crippen molar-refractivity contribution in [3.63, 3.8) is 0 Å². The van der Waals surface area contributed by atoms with Crippen LogP contribution in [0.15, 0.2) is 42.5 Å². The maximum absolute atomic E-state index is 10.4. The van der Waals surface area contributed by atoms with Gasteiger partial charge in [0, 0.05) is 13.1 Å². The van der Waals surface area contributed by atoms with E-state index < -0.39 is 6.10 Å². The van der Waals surface area contributed by atoms with Crippen molar-refractivity contribution < 1.29 is 14.6 Å². The van der Waals surface area contributed by atoms with Crippen LogP contribution in [0.3, 0.4) is 0 Å². The Kier molecular flexibility index (Phi) is 5.68. The topological polar surface area (TPSA) is 59.8 Å². The minimum Gasteiger partial charge on any atom is -0.491 e. The van der Waals surface area contributed by atoms with E-state index in [0.29, 0.717) is 23.7 Å². The highest BCUT2D eigenvalue weighted by Gasteiger charge is 2.17. The van der Waals surface area contributed by atoms with Gasteiger partial charge in [-0.2, -0.15) is 0 Å². The first-order chi connectivity index (χ1) is 13.2. The summed E-state index contributed by atoms with van der Waals surface area (Å²) in [5.41, 5.74) is 0. The van der Waals surface area contributed by atoms with Crippen LogP contribution >= 0.6 is 23.6 Å². The van der Waals surface area contributed by atoms with Crippen molar-refractivity contribution in [1.29, 1.82) is 0 Å². The van der Waals surface area contributed by atoms with Crippen LogP contribution in [-0.2, 0) is 11.3 Å². The Labute approximate surface area is 166 Å². The van der Waals surface area contributed by atoms with Crippen molar-refractivity contribution in [2.75, 3.05) is 37.8 Å². The van der Waals surface area contributed by atoms with Crippen LogP contribution in [0, 0.1) is 3.95 Å². The van der Waals surface area contributed by atoms with Crippen molar-refractivity contribution in [3.05, 3.63) is 46.4 Å². The molecule has 0 unspecified atom stereocenters. The van der Waals surface area contributed by atoms with Gasteiger partial charge in [0.05, 0.1) is 19.8 Å². The lowest BCUT2D eigenvalue weighted by molar-refractivity contribution is 0.0890. The summed E-state index contributed by atoms with van der Waals surface area (Å²) in [7, 11) is 0. The predicted molar refractivity (Wildman–Crippen MR) is 109 cm³/mol. The Bertz CT molecular complexity index is 966. The summed E-state index contributed by atoms with van der Waals surface area (Å²) in [4.78, 5) is 2.17. The summed E-state index contributed by atoms with van der Waals surface area (Å²) >= 11 is 6.86. The van der Waals surface area contributed by atoms with Crippen LogP contribution in [0.4, 0.5) is 5.13 Å². The number of hydrogen-bond donors (Lipinski definition) is 1. The normalized spacial score (nSPS) is 15.8. The highest BCUT2D eigenvalue weighted by Crippen LogP contribution is 2.22. The molecule has 8 heteroatoms. The maximum atomic E-state index is 10.4. The van der Waals surface area contributed by atoms with Crippen LogP contribution in [0.1, 0.15) is 0 Å². The third-order valence-corrected chi connectivity index (χ3v) is 5.79. The van der Waals surface area contributed by atoms with Gasteiger partial charge in [0.2, 0.25) is 5.13 Å². The summed E-state index contributed by atoms with van der Waals surface area (Å²) in [6.45, 7) is 3.53. The van der Waals surface area contributed by atoms with E-state index in [1.807, 2.05) is 36.4 Å². The third-order valence-electron chi connectivity index (χ3n) is 4.42. The van der Waals surface area contributed by atoms with Gasteiger partial charge in [0.25, 0.3) is 0 Å². The molecule has 6 nitrogen and oxygen atoms in total. The number of ether oxygens (including phenoxy) is 2. The second-order valence-electron chi connectivity index (χ2n) is 6.41. The molecule has 0 amide bonds. The SMILES string of the molecule is O[C@H](COc1ccc2ccccc2c1)Cn1nc(N2CCOCC2)sc1=S. The standard InChI is InChI=1S/C19H21N3O3S2/c23-16(13-25-17-6-5-14-3-1-2-4-15(14)11-17)12-22-19(26)27-18(20-22)21-7-9-24-10-8-21/h1-6,11,16,23H,7-10,12-13H2/t16-/m0/s1. The zero-order chi connectivity index (χ0) is 18.6. The number of rotatable bonds is 6. The predicted octanol–water partition coefficient (Wildman–Crippen LogP) is 3.10. The molecule has 1 saturated heterocycles. The monoisotopic (exact) mass is 403 g/mol. The molecule has 142 valence electrons. The lowest BCUT2D eigenvalue weighted by Gasteiger charge is -2.25. The lowest BCUT2D eigenvalue weighted by atomic mass is 10.1. The molecular weight excluding hydrogens is 382 g/mol. The zero-order valence-electron chi connectivity index (χ0n) is 14.8. The molecule has 0 saturated carbocycles. The van der Waals surface area contributed by atoms with Crippen molar-refractivity contribution >= 4 is 39.5 Å². The van der Waals surface area contributed by atoms with E-state index >= 15 is 0 Å². The van der Waals surface area contributed by atoms with Crippen LogP contribution in [0.25, 0.3) is 10.8 Å². The fraction of sp³-hybridized carbons (Fsp3) is 0.368. The minimum absolute atomic E-state index is 0.185. The highest BCUT2D eigenvalue weighted by atomic mass is 32.1. The number of fused-ring (bicyclic) bond motifs is 1. The van der Waals surface area contributed by atoms with E-state index in [1.54, 1.807) is 4.68 Å². The zero-order valence-corrected chi connectivity index (χ0v) is 16.4. The van der Waals surface area contributed by atoms with Gasteiger partial charge in [-0.05, 0) is 35.1 Å². The first-order valence-corrected chi connectivity index (χ1v) is 10.1. The van der Waals surface area contributed by atoms with Gasteiger partial charge in [0.15, 0.2) is 3.95 Å². The first-order valence-electron chi connectivity index (χ1n) is 8.89. The van der Waals surface area contributed by atoms with E-state index in [0.717, 1.165) is 34.7 Å². The molecule has 1 atom stereocenters. The molecule has 27 heavy (non-hydrogen) atoms. The number of hydrogen-bond acceptors (Lipinski definition) is 7. The molecule has 2 aromatic carbocycles. The molecular formula is C19H21N3O3S2. The Morgan fingerprint density at radius 2 is 1.96 bits per heavy atom. The fourth-order valence-electron chi connectivity index (χ4n) is 3.00. The van der Waals surface area contributed by atoms with Gasteiger partial charge in [-0.3, -0.25) is 0 Å². The number of nitrogens with zero attached hydrogens (tertiary/aromatic N) is 3. The van der Waals surface area contributed by atoms with Gasteiger partial charge >= 0.3 is 0 Å². The molecule has 1 aliphatic heterocycles. The van der Waals surface area contributed by atoms with E-state index in [2.05, 4.69) is 16.1 Å². The van der Waals surface area contributed by atoms with Gasteiger partial charge in [-0.25, -0.2) is 4.68 Å². The summed E-state index contributed by atoms with van der Waals surface area (Å²) in [5, 5.41) is 18.1. The molecule has 1 aliphatic rings. The van der Waals surface area contributed by atoms with Gasteiger partial charge in [-0.15, -0.1) is 5.10 Å². The summed E-state index contributed by atoms with van der Waals surface area (Å²) in [5.74, 6) is 0.739. The summed E-state index contributed by atoms with van der Waals surface area (Å²) in [6, 6.07) is 14.0. The average Bonchev–Trinajstić information content (AvgIpc) is 3.07. The smallest absolute Gasteiger partial charge is 0.207 e. The van der Waals surface area contributed by atoms with Crippen LogP contribution in [-0.4, -0.2) is 53.9 Å². The third kappa shape index (κ3) is 4.47. The second-order valence-corrected chi connectivity index (χ2v) is 8.01. The second kappa shape index (κ2) is 8.35. The number of morpholine rings is 1. The summed E-state index contributed by atoms with van der Waals surface area (Å²) < 4.78 is 13.5. The molecule has 1 aromatic heterocycles. The number of aliphatic hydroxyl groups is 1. The molecule has 0 bridgehead atoms.